The highest BCUT2D eigenvalue weighted by Gasteiger charge is 2.23. The molecule has 24 heavy (non-hydrogen) atoms. The molecule has 5 nitrogen and oxygen atoms in total. The normalized spacial score (nSPS) is 15.2. The maximum atomic E-state index is 5.60. The number of aryl methyl sites for hydroxylation is 3. The smallest absolute Gasteiger partial charge is 0.138 e. The van der Waals surface area contributed by atoms with Gasteiger partial charge >= 0.3 is 0 Å². The Morgan fingerprint density at radius 1 is 1.33 bits per heavy atom. The van der Waals surface area contributed by atoms with Crippen LogP contribution in [0.3, 0.4) is 0 Å². The summed E-state index contributed by atoms with van der Waals surface area (Å²) in [5, 5.41) is 4.80. The van der Waals surface area contributed by atoms with Crippen LogP contribution in [0.4, 0.5) is 5.82 Å². The Labute approximate surface area is 145 Å². The van der Waals surface area contributed by atoms with E-state index in [9.17, 15) is 0 Å². The summed E-state index contributed by atoms with van der Waals surface area (Å²) in [7, 11) is 4.13. The van der Waals surface area contributed by atoms with Gasteiger partial charge in [0.25, 0.3) is 0 Å². The second-order valence-corrected chi connectivity index (χ2v) is 7.62. The fraction of sp³-hybridized carbons (Fsp3) is 0.444. The Hall–Kier alpha value is -1.92. The van der Waals surface area contributed by atoms with Gasteiger partial charge in [-0.25, -0.2) is 9.97 Å². The second kappa shape index (κ2) is 6.18. The van der Waals surface area contributed by atoms with Gasteiger partial charge < -0.3 is 9.73 Å². The topological polar surface area (TPSA) is 54.2 Å². The van der Waals surface area contributed by atoms with E-state index in [4.69, 9.17) is 9.40 Å². The first-order valence-electron chi connectivity index (χ1n) is 8.36. The summed E-state index contributed by atoms with van der Waals surface area (Å²) in [6.45, 7) is 2.71. The van der Waals surface area contributed by atoms with Crippen molar-refractivity contribution in [2.45, 2.75) is 32.2 Å². The lowest BCUT2D eigenvalue weighted by molar-refractivity contribution is 0.269. The van der Waals surface area contributed by atoms with Crippen molar-refractivity contribution >= 4 is 27.4 Å². The third-order valence-electron chi connectivity index (χ3n) is 4.63. The molecular formula is C18H22N4OS. The number of nitrogens with one attached hydrogen (secondary N) is 1. The molecule has 1 atom stereocenters. The van der Waals surface area contributed by atoms with E-state index in [1.807, 2.05) is 30.4 Å². The van der Waals surface area contributed by atoms with Gasteiger partial charge in [0.2, 0.25) is 0 Å². The standard InChI is InChI=1S/C18H22N4OS/c1-11-20-17(16-12-6-4-8-15(12)24-18(16)21-11)19-10-13(22(2)3)14-7-5-9-23-14/h5,7,9,13H,4,6,8,10H2,1-3H3,(H,19,20,21). The summed E-state index contributed by atoms with van der Waals surface area (Å²) >= 11 is 1.83. The van der Waals surface area contributed by atoms with Crippen molar-refractivity contribution in [3.8, 4) is 0 Å². The van der Waals surface area contributed by atoms with Gasteiger partial charge in [-0.3, -0.25) is 4.90 Å². The van der Waals surface area contributed by atoms with E-state index in [0.717, 1.165) is 35.2 Å². The van der Waals surface area contributed by atoms with Crippen LogP contribution in [0.25, 0.3) is 10.2 Å². The minimum Gasteiger partial charge on any atom is -0.468 e. The number of furan rings is 1. The van der Waals surface area contributed by atoms with Gasteiger partial charge in [-0.2, -0.15) is 0 Å². The van der Waals surface area contributed by atoms with E-state index in [0.29, 0.717) is 0 Å². The SMILES string of the molecule is Cc1nc(NCC(c2ccco2)N(C)C)c2c3c(sc2n1)CCC3. The summed E-state index contributed by atoms with van der Waals surface area (Å²) in [5.41, 5.74) is 1.46. The molecule has 0 bridgehead atoms. The second-order valence-electron chi connectivity index (χ2n) is 6.53. The van der Waals surface area contributed by atoms with Crippen molar-refractivity contribution in [1.29, 1.82) is 0 Å². The first kappa shape index (κ1) is 15.6. The molecule has 0 amide bonds. The van der Waals surface area contributed by atoms with Gasteiger partial charge in [-0.1, -0.05) is 0 Å². The van der Waals surface area contributed by atoms with E-state index in [-0.39, 0.29) is 6.04 Å². The molecule has 126 valence electrons. The Morgan fingerprint density at radius 2 is 2.21 bits per heavy atom. The molecule has 3 aromatic heterocycles. The number of fused-ring (bicyclic) bond motifs is 3. The molecule has 1 aliphatic carbocycles. The average molecular weight is 342 g/mol. The molecule has 4 rings (SSSR count). The van der Waals surface area contributed by atoms with E-state index >= 15 is 0 Å². The lowest BCUT2D eigenvalue weighted by atomic mass is 10.1. The highest BCUT2D eigenvalue weighted by Crippen LogP contribution is 2.39. The highest BCUT2D eigenvalue weighted by molar-refractivity contribution is 7.19. The molecule has 1 unspecified atom stereocenters. The number of hydrogen-bond donors (Lipinski definition) is 1. The summed E-state index contributed by atoms with van der Waals surface area (Å²) in [6.07, 6.45) is 5.30. The van der Waals surface area contributed by atoms with Gasteiger partial charge in [-0.05, 0) is 58.0 Å². The molecular weight excluding hydrogens is 320 g/mol. The Kier molecular flexibility index (Phi) is 4.02. The van der Waals surface area contributed by atoms with Crippen LogP contribution in [0.1, 0.15) is 34.5 Å². The summed E-state index contributed by atoms with van der Waals surface area (Å²) in [5.74, 6) is 2.75. The first-order valence-corrected chi connectivity index (χ1v) is 9.17. The molecule has 0 saturated carbocycles. The molecule has 0 fully saturated rings. The van der Waals surface area contributed by atoms with E-state index in [1.165, 1.54) is 28.7 Å². The van der Waals surface area contributed by atoms with Crippen LogP contribution in [0.15, 0.2) is 22.8 Å². The summed E-state index contributed by atoms with van der Waals surface area (Å²) in [4.78, 5) is 14.1. The van der Waals surface area contributed by atoms with Crippen molar-refractivity contribution in [2.24, 2.45) is 0 Å². The number of rotatable bonds is 5. The molecule has 1 aliphatic rings. The van der Waals surface area contributed by atoms with Crippen LogP contribution in [-0.2, 0) is 12.8 Å². The zero-order valence-electron chi connectivity index (χ0n) is 14.3. The number of aromatic nitrogens is 2. The van der Waals surface area contributed by atoms with Gasteiger partial charge in [0.15, 0.2) is 0 Å². The third kappa shape index (κ3) is 2.70. The molecule has 0 radical (unpaired) electrons. The van der Waals surface area contributed by atoms with Gasteiger partial charge in [0.1, 0.15) is 22.2 Å². The average Bonchev–Trinajstić information content (AvgIpc) is 3.22. The largest absolute Gasteiger partial charge is 0.468 e. The van der Waals surface area contributed by atoms with Crippen LogP contribution in [0, 0.1) is 6.92 Å². The Morgan fingerprint density at radius 3 is 2.96 bits per heavy atom. The molecule has 3 aromatic rings. The van der Waals surface area contributed by atoms with E-state index in [1.54, 1.807) is 6.26 Å². The molecule has 0 saturated heterocycles. The summed E-state index contributed by atoms with van der Waals surface area (Å²) in [6, 6.07) is 4.12. The molecule has 0 aromatic carbocycles. The summed E-state index contributed by atoms with van der Waals surface area (Å²) < 4.78 is 5.60. The number of anilines is 1. The number of hydrogen-bond acceptors (Lipinski definition) is 6. The molecule has 6 heteroatoms. The van der Waals surface area contributed by atoms with Crippen molar-refractivity contribution in [3.63, 3.8) is 0 Å². The molecule has 3 heterocycles. The van der Waals surface area contributed by atoms with Crippen LogP contribution in [0.5, 0.6) is 0 Å². The van der Waals surface area contributed by atoms with Gasteiger partial charge in [0.05, 0.1) is 17.7 Å². The maximum absolute atomic E-state index is 5.60. The van der Waals surface area contributed by atoms with Gasteiger partial charge in [0, 0.05) is 11.4 Å². The number of likely N-dealkylation sites (N-methyl/N-ethyl adjacent to an activating group) is 1. The lowest BCUT2D eigenvalue weighted by Crippen LogP contribution is -2.26. The van der Waals surface area contributed by atoms with Crippen LogP contribution in [-0.4, -0.2) is 35.5 Å². The van der Waals surface area contributed by atoms with E-state index in [2.05, 4.69) is 29.3 Å². The van der Waals surface area contributed by atoms with Crippen molar-refractivity contribution in [2.75, 3.05) is 26.0 Å². The number of nitrogens with zero attached hydrogens (tertiary/aromatic N) is 3. The first-order chi connectivity index (χ1) is 11.6. The number of thiophene rings is 1. The Bertz CT molecular complexity index is 854. The van der Waals surface area contributed by atoms with Crippen molar-refractivity contribution in [3.05, 3.63) is 40.4 Å². The van der Waals surface area contributed by atoms with Crippen LogP contribution >= 0.6 is 11.3 Å². The lowest BCUT2D eigenvalue weighted by Gasteiger charge is -2.23. The minimum absolute atomic E-state index is 0.164. The van der Waals surface area contributed by atoms with Crippen LogP contribution < -0.4 is 5.32 Å². The molecule has 1 N–H and O–H groups in total. The van der Waals surface area contributed by atoms with E-state index < -0.39 is 0 Å². The third-order valence-corrected chi connectivity index (χ3v) is 5.82. The quantitative estimate of drug-likeness (QED) is 0.764. The zero-order valence-corrected chi connectivity index (χ0v) is 15.1. The minimum atomic E-state index is 0.164. The van der Waals surface area contributed by atoms with Gasteiger partial charge in [-0.15, -0.1) is 11.3 Å². The predicted molar refractivity (Wildman–Crippen MR) is 97.8 cm³/mol. The fourth-order valence-electron chi connectivity index (χ4n) is 3.44. The molecule has 0 spiro atoms. The molecule has 0 aliphatic heterocycles. The highest BCUT2D eigenvalue weighted by atomic mass is 32.1. The monoisotopic (exact) mass is 342 g/mol. The van der Waals surface area contributed by atoms with Crippen molar-refractivity contribution < 1.29 is 4.42 Å². The predicted octanol–water partition coefficient (Wildman–Crippen LogP) is 3.80. The van der Waals surface area contributed by atoms with Crippen molar-refractivity contribution in [1.82, 2.24) is 14.9 Å². The fourth-order valence-corrected chi connectivity index (χ4v) is 4.75. The zero-order chi connectivity index (χ0) is 16.7. The van der Waals surface area contributed by atoms with Crippen LogP contribution in [0.2, 0.25) is 0 Å². The maximum Gasteiger partial charge on any atom is 0.138 e. The Balaban J connectivity index is 1.67.